The predicted octanol–water partition coefficient (Wildman–Crippen LogP) is 13.5. The SMILES string of the molecule is CS(C)(C)c1ccc(N(c2ccc(O)c(N(c3ccccc3)c3ccc(S(C)(C)C)cc3)c2)c2ccc3c4ccccc4n(-c4ccccc4)c3c2)cc1. The van der Waals surface area contributed by atoms with Gasteiger partial charge in [0.05, 0.1) is 16.7 Å². The molecule has 1 aromatic heterocycles. The summed E-state index contributed by atoms with van der Waals surface area (Å²) in [7, 11) is -1.81. The summed E-state index contributed by atoms with van der Waals surface area (Å²) < 4.78 is 2.36. The molecule has 0 atom stereocenters. The van der Waals surface area contributed by atoms with Crippen molar-refractivity contribution in [1.29, 1.82) is 0 Å². The zero-order valence-electron chi connectivity index (χ0n) is 31.8. The van der Waals surface area contributed by atoms with Crippen molar-refractivity contribution in [2.45, 2.75) is 9.79 Å². The Hall–Kier alpha value is -5.56. The Labute approximate surface area is 322 Å². The molecule has 1 heterocycles. The Morgan fingerprint density at radius 3 is 1.48 bits per heavy atom. The lowest BCUT2D eigenvalue weighted by Crippen LogP contribution is -2.13. The number of fused-ring (bicyclic) bond motifs is 3. The summed E-state index contributed by atoms with van der Waals surface area (Å²) in [5, 5.41) is 14.1. The van der Waals surface area contributed by atoms with Crippen LogP contribution in [0.4, 0.5) is 34.1 Å². The number of nitrogens with zero attached hydrogens (tertiary/aromatic N) is 3. The third-order valence-corrected chi connectivity index (χ3v) is 13.4. The fourth-order valence-electron chi connectivity index (χ4n) is 7.24. The summed E-state index contributed by atoms with van der Waals surface area (Å²) in [4.78, 5) is 7.16. The first-order chi connectivity index (χ1) is 26.0. The van der Waals surface area contributed by atoms with Gasteiger partial charge in [0.25, 0.3) is 0 Å². The second kappa shape index (κ2) is 14.0. The van der Waals surface area contributed by atoms with E-state index in [9.17, 15) is 5.11 Å². The van der Waals surface area contributed by atoms with Crippen molar-refractivity contribution in [3.05, 3.63) is 170 Å². The van der Waals surface area contributed by atoms with Gasteiger partial charge in [-0.25, -0.2) is 20.1 Å². The van der Waals surface area contributed by atoms with E-state index in [-0.39, 0.29) is 5.75 Å². The van der Waals surface area contributed by atoms with Crippen LogP contribution in [0, 0.1) is 0 Å². The lowest BCUT2D eigenvalue weighted by molar-refractivity contribution is 0.476. The van der Waals surface area contributed by atoms with Crippen LogP contribution in [0.3, 0.4) is 0 Å². The Balaban J connectivity index is 1.34. The minimum absolute atomic E-state index is 0.208. The quantitative estimate of drug-likeness (QED) is 0.160. The average Bonchev–Trinajstić information content (AvgIpc) is 3.50. The molecule has 0 saturated carbocycles. The van der Waals surface area contributed by atoms with Crippen LogP contribution in [0.25, 0.3) is 27.5 Å². The zero-order chi connectivity index (χ0) is 37.6. The molecule has 0 unspecified atom stereocenters. The number of para-hydroxylation sites is 3. The summed E-state index contributed by atoms with van der Waals surface area (Å²) in [5.74, 6) is 0.208. The van der Waals surface area contributed by atoms with Crippen molar-refractivity contribution in [2.24, 2.45) is 0 Å². The van der Waals surface area contributed by atoms with E-state index in [1.807, 2.05) is 30.3 Å². The number of phenols is 1. The molecule has 0 fully saturated rings. The maximum Gasteiger partial charge on any atom is 0.139 e. The molecule has 272 valence electrons. The normalized spacial score (nSPS) is 12.6. The second-order valence-electron chi connectivity index (χ2n) is 15.2. The average molecular weight is 746 g/mol. The molecule has 6 heteroatoms. The highest BCUT2D eigenvalue weighted by Crippen LogP contribution is 2.50. The highest BCUT2D eigenvalue weighted by atomic mass is 32.3. The topological polar surface area (TPSA) is 31.6 Å². The molecular weight excluding hydrogens is 699 g/mol. The number of benzene rings is 7. The summed E-state index contributed by atoms with van der Waals surface area (Å²) in [6.07, 6.45) is 13.9. The van der Waals surface area contributed by atoms with Crippen molar-refractivity contribution in [2.75, 3.05) is 47.3 Å². The van der Waals surface area contributed by atoms with Crippen molar-refractivity contribution < 1.29 is 5.11 Å². The van der Waals surface area contributed by atoms with Gasteiger partial charge in [-0.2, -0.15) is 0 Å². The zero-order valence-corrected chi connectivity index (χ0v) is 33.4. The van der Waals surface area contributed by atoms with E-state index in [4.69, 9.17) is 0 Å². The van der Waals surface area contributed by atoms with Crippen LogP contribution in [0.15, 0.2) is 180 Å². The highest BCUT2D eigenvalue weighted by Gasteiger charge is 2.22. The molecule has 0 amide bonds. The standard InChI is InChI=1S/C48H47N3OS2/c1-53(2,3)41-27-21-37(22-28-41)49(39-25-31-44-43-19-13-14-20-45(43)51(46(44)33-39)36-17-11-8-12-18-36)40-26-32-48(52)47(34-40)50(35-15-9-7-10-16-35)38-23-29-42(30-24-38)54(4,5)6/h7-34,52H,1-6H3. The number of phenolic OH excluding ortho intramolecular Hbond substituents is 1. The molecule has 0 aliphatic rings. The predicted molar refractivity (Wildman–Crippen MR) is 239 cm³/mol. The Morgan fingerprint density at radius 1 is 0.407 bits per heavy atom. The Morgan fingerprint density at radius 2 is 0.870 bits per heavy atom. The largest absolute Gasteiger partial charge is 0.506 e. The molecule has 0 aliphatic carbocycles. The maximum atomic E-state index is 11.7. The van der Waals surface area contributed by atoms with Gasteiger partial charge in [0.15, 0.2) is 0 Å². The smallest absolute Gasteiger partial charge is 0.139 e. The van der Waals surface area contributed by atoms with Crippen LogP contribution >= 0.6 is 20.1 Å². The fourth-order valence-corrected chi connectivity index (χ4v) is 9.15. The van der Waals surface area contributed by atoms with E-state index in [0.717, 1.165) is 39.6 Å². The summed E-state index contributed by atoms with van der Waals surface area (Å²) in [6, 6.07) is 60.1. The van der Waals surface area contributed by atoms with E-state index >= 15 is 0 Å². The molecule has 0 bridgehead atoms. The maximum absolute atomic E-state index is 11.7. The number of rotatable bonds is 9. The van der Waals surface area contributed by atoms with Gasteiger partial charge >= 0.3 is 0 Å². The van der Waals surface area contributed by atoms with Gasteiger partial charge in [0.1, 0.15) is 5.75 Å². The van der Waals surface area contributed by atoms with E-state index < -0.39 is 20.1 Å². The summed E-state index contributed by atoms with van der Waals surface area (Å²) in [6.45, 7) is 0. The number of aromatic hydroxyl groups is 1. The molecule has 8 rings (SSSR count). The van der Waals surface area contributed by atoms with Crippen molar-refractivity contribution >= 4 is 76.0 Å². The minimum atomic E-state index is -0.912. The van der Waals surface area contributed by atoms with Crippen molar-refractivity contribution in [1.82, 2.24) is 4.57 Å². The first kappa shape index (κ1) is 35.5. The molecule has 4 nitrogen and oxygen atoms in total. The van der Waals surface area contributed by atoms with Crippen molar-refractivity contribution in [3.8, 4) is 11.4 Å². The summed E-state index contributed by atoms with van der Waals surface area (Å²) >= 11 is 0. The van der Waals surface area contributed by atoms with Crippen LogP contribution in [0.1, 0.15) is 0 Å². The van der Waals surface area contributed by atoms with Crippen LogP contribution in [0.2, 0.25) is 0 Å². The van der Waals surface area contributed by atoms with Gasteiger partial charge in [0, 0.05) is 44.9 Å². The Kier molecular flexibility index (Phi) is 9.21. The van der Waals surface area contributed by atoms with Gasteiger partial charge < -0.3 is 19.5 Å². The van der Waals surface area contributed by atoms with Gasteiger partial charge in [-0.3, -0.25) is 0 Å². The molecule has 0 spiro atoms. The van der Waals surface area contributed by atoms with Crippen LogP contribution in [0.5, 0.6) is 5.75 Å². The van der Waals surface area contributed by atoms with Crippen LogP contribution in [-0.2, 0) is 0 Å². The number of anilines is 6. The van der Waals surface area contributed by atoms with Crippen LogP contribution < -0.4 is 9.80 Å². The highest BCUT2D eigenvalue weighted by molar-refractivity contribution is 8.32. The molecule has 8 aromatic rings. The van der Waals surface area contributed by atoms with Crippen LogP contribution in [-0.4, -0.2) is 47.2 Å². The third-order valence-electron chi connectivity index (χ3n) is 10.0. The lowest BCUT2D eigenvalue weighted by atomic mass is 10.1. The number of hydrogen-bond acceptors (Lipinski definition) is 3. The first-order valence-corrected chi connectivity index (χ1v) is 23.8. The van der Waals surface area contributed by atoms with Gasteiger partial charge in [-0.05, 0) is 157 Å². The molecule has 0 saturated heterocycles. The molecule has 0 radical (unpaired) electrons. The Bertz CT molecular complexity index is 2570. The summed E-state index contributed by atoms with van der Waals surface area (Å²) in [5.41, 5.74) is 9.10. The molecular formula is C48H47N3OS2. The van der Waals surface area contributed by atoms with Crippen molar-refractivity contribution in [3.63, 3.8) is 0 Å². The molecule has 54 heavy (non-hydrogen) atoms. The molecule has 0 aliphatic heterocycles. The molecule has 7 aromatic carbocycles. The third kappa shape index (κ3) is 6.72. The monoisotopic (exact) mass is 745 g/mol. The first-order valence-electron chi connectivity index (χ1n) is 18.1. The second-order valence-corrected chi connectivity index (χ2v) is 23.5. The van der Waals surface area contributed by atoms with E-state index in [0.29, 0.717) is 5.69 Å². The molecule has 1 N–H and O–H groups in total. The van der Waals surface area contributed by atoms with Gasteiger partial charge in [-0.1, -0.05) is 60.7 Å². The number of hydrogen-bond donors (Lipinski definition) is 1. The van der Waals surface area contributed by atoms with Gasteiger partial charge in [0.2, 0.25) is 0 Å². The van der Waals surface area contributed by atoms with E-state index in [2.05, 4.69) is 191 Å². The minimum Gasteiger partial charge on any atom is -0.506 e. The van der Waals surface area contributed by atoms with Gasteiger partial charge in [-0.15, -0.1) is 0 Å². The number of aromatic nitrogens is 1. The van der Waals surface area contributed by atoms with E-state index in [1.54, 1.807) is 0 Å². The lowest BCUT2D eigenvalue weighted by Gasteiger charge is -2.31. The van der Waals surface area contributed by atoms with E-state index in [1.165, 1.54) is 26.1 Å². The fraction of sp³-hybridized carbons (Fsp3) is 0.125.